The molecule has 4 heterocycles. The molecule has 0 bridgehead atoms. The van der Waals surface area contributed by atoms with E-state index in [2.05, 4.69) is 28.7 Å². The van der Waals surface area contributed by atoms with Crippen LogP contribution >= 0.6 is 0 Å². The maximum atomic E-state index is 12.6. The number of hydrogen-bond acceptors (Lipinski definition) is 11. The SMILES string of the molecule is CCc1nc2c(NCc3ccc(OC)cc3OC)ncc(C3=CN(C4CCN(C(=O)OC(C)(C)C)CC4)CC3)c2nc1N[C@@H]1CC[C@H](O)C1. The zero-order chi connectivity index (χ0) is 34.7. The van der Waals surface area contributed by atoms with Crippen LogP contribution in [-0.2, 0) is 17.7 Å². The van der Waals surface area contributed by atoms with E-state index in [9.17, 15) is 9.90 Å². The number of rotatable bonds is 10. The van der Waals surface area contributed by atoms with E-state index in [0.29, 0.717) is 44.3 Å². The first-order valence-corrected chi connectivity index (χ1v) is 17.6. The fourth-order valence-electron chi connectivity index (χ4n) is 7.04. The summed E-state index contributed by atoms with van der Waals surface area (Å²) in [7, 11) is 3.29. The standard InChI is InChI=1S/C37H51N7O5/c1-7-30-34(40-25-9-10-27(45)18-25)42-32-29(21-39-35(33(32)41-30)38-20-23-8-11-28(47-5)19-31(23)48-6)24-12-15-44(22-24)26-13-16-43(17-14-26)36(46)49-37(2,3)4/h8,11,19,21-22,25-27,45H,7,9-10,12-18,20H2,1-6H3,(H,38,39)(H,40,42)/t25-,27+/m1/s1. The Kier molecular flexibility index (Phi) is 10.3. The Balaban J connectivity index is 1.28. The lowest BCUT2D eigenvalue weighted by Gasteiger charge is -2.37. The van der Waals surface area contributed by atoms with Gasteiger partial charge in [0, 0.05) is 67.9 Å². The van der Waals surface area contributed by atoms with E-state index in [1.807, 2.05) is 50.1 Å². The fraction of sp³-hybridized carbons (Fsp3) is 0.568. The zero-order valence-corrected chi connectivity index (χ0v) is 29.7. The molecular formula is C37H51N7O5. The average molecular weight is 674 g/mol. The van der Waals surface area contributed by atoms with Crippen molar-refractivity contribution in [2.75, 3.05) is 44.5 Å². The van der Waals surface area contributed by atoms with Gasteiger partial charge < -0.3 is 39.8 Å². The van der Waals surface area contributed by atoms with Crippen LogP contribution in [0.25, 0.3) is 16.6 Å². The monoisotopic (exact) mass is 673 g/mol. The summed E-state index contributed by atoms with van der Waals surface area (Å²) in [5.41, 5.74) is 5.01. The van der Waals surface area contributed by atoms with E-state index < -0.39 is 5.60 Å². The molecule has 1 aromatic carbocycles. The van der Waals surface area contributed by atoms with E-state index in [0.717, 1.165) is 83.8 Å². The Hall–Kier alpha value is -4.32. The zero-order valence-electron chi connectivity index (χ0n) is 29.7. The van der Waals surface area contributed by atoms with Gasteiger partial charge in [0.1, 0.15) is 34.0 Å². The van der Waals surface area contributed by atoms with Gasteiger partial charge >= 0.3 is 6.09 Å². The van der Waals surface area contributed by atoms with Crippen molar-refractivity contribution in [3.8, 4) is 11.5 Å². The van der Waals surface area contributed by atoms with Crippen LogP contribution in [-0.4, -0.2) is 93.6 Å². The molecule has 2 fully saturated rings. The van der Waals surface area contributed by atoms with Crippen LogP contribution in [0.4, 0.5) is 16.4 Å². The number of ether oxygens (including phenoxy) is 3. The number of hydrogen-bond donors (Lipinski definition) is 3. The highest BCUT2D eigenvalue weighted by Gasteiger charge is 2.31. The fourth-order valence-corrected chi connectivity index (χ4v) is 7.04. The number of aromatic nitrogens is 3. The predicted octanol–water partition coefficient (Wildman–Crippen LogP) is 5.99. The van der Waals surface area contributed by atoms with Gasteiger partial charge in [0.2, 0.25) is 0 Å². The van der Waals surface area contributed by atoms with Crippen molar-refractivity contribution in [1.82, 2.24) is 24.8 Å². The summed E-state index contributed by atoms with van der Waals surface area (Å²) in [4.78, 5) is 32.2. The number of pyridine rings is 1. The molecule has 3 N–H and O–H groups in total. The van der Waals surface area contributed by atoms with Gasteiger partial charge in [-0.15, -0.1) is 0 Å². The van der Waals surface area contributed by atoms with Crippen molar-refractivity contribution in [3.05, 3.63) is 47.4 Å². The summed E-state index contributed by atoms with van der Waals surface area (Å²) in [6.45, 7) is 10.5. The summed E-state index contributed by atoms with van der Waals surface area (Å²) in [5, 5.41) is 17.3. The Morgan fingerprint density at radius 2 is 1.82 bits per heavy atom. The van der Waals surface area contributed by atoms with Gasteiger partial charge in [-0.3, -0.25) is 0 Å². The van der Waals surface area contributed by atoms with Crippen LogP contribution < -0.4 is 20.1 Å². The third-order valence-corrected chi connectivity index (χ3v) is 9.68. The minimum Gasteiger partial charge on any atom is -0.497 e. The average Bonchev–Trinajstić information content (AvgIpc) is 3.75. The maximum absolute atomic E-state index is 12.6. The van der Waals surface area contributed by atoms with Crippen molar-refractivity contribution in [2.45, 2.75) is 103 Å². The number of aliphatic hydroxyl groups is 1. The molecule has 3 aromatic rings. The van der Waals surface area contributed by atoms with Crippen LogP contribution in [0.15, 0.2) is 30.6 Å². The molecular weight excluding hydrogens is 622 g/mol. The third-order valence-electron chi connectivity index (χ3n) is 9.68. The molecule has 1 saturated carbocycles. The van der Waals surface area contributed by atoms with Crippen LogP contribution in [0.2, 0.25) is 0 Å². The van der Waals surface area contributed by atoms with Crippen molar-refractivity contribution in [1.29, 1.82) is 0 Å². The largest absolute Gasteiger partial charge is 0.497 e. The molecule has 6 rings (SSSR count). The smallest absolute Gasteiger partial charge is 0.410 e. The van der Waals surface area contributed by atoms with Crippen molar-refractivity contribution >= 4 is 34.3 Å². The number of nitrogens with zero attached hydrogens (tertiary/aromatic N) is 5. The van der Waals surface area contributed by atoms with E-state index in [1.54, 1.807) is 14.2 Å². The Labute approximate surface area is 289 Å². The molecule has 2 aromatic heterocycles. The van der Waals surface area contributed by atoms with Gasteiger partial charge in [0.25, 0.3) is 0 Å². The van der Waals surface area contributed by atoms with Crippen molar-refractivity contribution in [3.63, 3.8) is 0 Å². The molecule has 49 heavy (non-hydrogen) atoms. The highest BCUT2D eigenvalue weighted by Crippen LogP contribution is 2.36. The highest BCUT2D eigenvalue weighted by atomic mass is 16.6. The predicted molar refractivity (Wildman–Crippen MR) is 191 cm³/mol. The second-order valence-electron chi connectivity index (χ2n) is 14.3. The summed E-state index contributed by atoms with van der Waals surface area (Å²) >= 11 is 0. The van der Waals surface area contributed by atoms with Crippen molar-refractivity contribution < 1.29 is 24.1 Å². The minimum absolute atomic E-state index is 0.158. The molecule has 0 spiro atoms. The molecule has 12 nitrogen and oxygen atoms in total. The number of carbonyl (C=O) groups is 1. The number of anilines is 2. The molecule has 12 heteroatoms. The molecule has 0 unspecified atom stereocenters. The first-order chi connectivity index (χ1) is 23.5. The molecule has 2 aliphatic heterocycles. The van der Waals surface area contributed by atoms with Gasteiger partial charge in [0.05, 0.1) is 26.0 Å². The number of aliphatic hydroxyl groups excluding tert-OH is 1. The summed E-state index contributed by atoms with van der Waals surface area (Å²) in [5.74, 6) is 2.89. The second-order valence-corrected chi connectivity index (χ2v) is 14.3. The number of nitrogens with one attached hydrogen (secondary N) is 2. The number of aryl methyl sites for hydroxylation is 1. The molecule has 1 aliphatic carbocycles. The number of likely N-dealkylation sites (tertiary alicyclic amines) is 1. The van der Waals surface area contributed by atoms with Gasteiger partial charge in [-0.25, -0.2) is 19.7 Å². The molecule has 0 radical (unpaired) electrons. The van der Waals surface area contributed by atoms with Crippen LogP contribution in [0.1, 0.15) is 83.0 Å². The lowest BCUT2D eigenvalue weighted by atomic mass is 10.0. The van der Waals surface area contributed by atoms with E-state index in [4.69, 9.17) is 29.2 Å². The molecule has 3 aliphatic rings. The summed E-state index contributed by atoms with van der Waals surface area (Å²) in [6.07, 6.45) is 9.40. The maximum Gasteiger partial charge on any atom is 0.410 e. The minimum atomic E-state index is -0.501. The third kappa shape index (κ3) is 7.95. The van der Waals surface area contributed by atoms with Crippen LogP contribution in [0, 0.1) is 0 Å². The summed E-state index contributed by atoms with van der Waals surface area (Å²) in [6, 6.07) is 6.28. The van der Waals surface area contributed by atoms with Gasteiger partial charge in [0.15, 0.2) is 5.82 Å². The number of piperidine rings is 1. The number of carbonyl (C=O) groups excluding carboxylic acids is 1. The Morgan fingerprint density at radius 3 is 2.49 bits per heavy atom. The number of benzene rings is 1. The number of amides is 1. The number of fused-ring (bicyclic) bond motifs is 1. The highest BCUT2D eigenvalue weighted by molar-refractivity contribution is 5.95. The van der Waals surface area contributed by atoms with Gasteiger partial charge in [-0.05, 0) is 83.4 Å². The van der Waals surface area contributed by atoms with E-state index in [1.165, 1.54) is 5.57 Å². The van der Waals surface area contributed by atoms with Crippen LogP contribution in [0.5, 0.6) is 11.5 Å². The molecule has 1 saturated heterocycles. The number of methoxy groups -OCH3 is 2. The first kappa shape index (κ1) is 34.5. The Bertz CT molecular complexity index is 1680. The van der Waals surface area contributed by atoms with Crippen LogP contribution in [0.3, 0.4) is 0 Å². The van der Waals surface area contributed by atoms with E-state index in [-0.39, 0.29) is 18.2 Å². The Morgan fingerprint density at radius 1 is 1.02 bits per heavy atom. The van der Waals surface area contributed by atoms with Gasteiger partial charge in [-0.1, -0.05) is 6.92 Å². The molecule has 264 valence electrons. The topological polar surface area (TPSA) is 134 Å². The normalized spacial score (nSPS) is 20.0. The van der Waals surface area contributed by atoms with E-state index >= 15 is 0 Å². The lowest BCUT2D eigenvalue weighted by Crippen LogP contribution is -2.46. The molecule has 2 atom stereocenters. The van der Waals surface area contributed by atoms with Gasteiger partial charge in [-0.2, -0.15) is 0 Å². The summed E-state index contributed by atoms with van der Waals surface area (Å²) < 4.78 is 16.6. The molecule has 1 amide bonds. The second kappa shape index (κ2) is 14.7. The lowest BCUT2D eigenvalue weighted by molar-refractivity contribution is 0.0169. The quantitative estimate of drug-likeness (QED) is 0.234. The first-order valence-electron chi connectivity index (χ1n) is 17.6. The van der Waals surface area contributed by atoms with Crippen molar-refractivity contribution in [2.24, 2.45) is 0 Å².